The lowest BCUT2D eigenvalue weighted by molar-refractivity contribution is 0.0925. The quantitative estimate of drug-likeness (QED) is 0.472. The van der Waals surface area contributed by atoms with Gasteiger partial charge in [-0.2, -0.15) is 10.2 Å². The Labute approximate surface area is 161 Å². The maximum absolute atomic E-state index is 12.1. The van der Waals surface area contributed by atoms with Gasteiger partial charge in [-0.3, -0.25) is 9.48 Å². The number of aromatic nitrogens is 2. The van der Waals surface area contributed by atoms with E-state index in [1.54, 1.807) is 47.4 Å². The maximum atomic E-state index is 12.1. The largest absolute Gasteiger partial charge is 0.454 e. The zero-order valence-electron chi connectivity index (χ0n) is 12.6. The SMILES string of the molecule is O=C(N/N=C/c1c(Cl)cccc1Cl)c1ccc(Cn2cc(Br)cn2)o1. The normalized spacial score (nSPS) is 11.2. The predicted molar refractivity (Wildman–Crippen MR) is 99.3 cm³/mol. The van der Waals surface area contributed by atoms with Crippen molar-refractivity contribution in [1.82, 2.24) is 15.2 Å². The molecule has 0 saturated carbocycles. The number of hydrogen-bond acceptors (Lipinski definition) is 4. The fourth-order valence-corrected chi connectivity index (χ4v) is 2.84. The number of nitrogens with one attached hydrogen (secondary N) is 1. The molecule has 0 fully saturated rings. The van der Waals surface area contributed by atoms with Crippen molar-refractivity contribution in [3.8, 4) is 0 Å². The molecule has 0 saturated heterocycles. The Morgan fingerprint density at radius 1 is 1.32 bits per heavy atom. The van der Waals surface area contributed by atoms with E-state index in [1.165, 1.54) is 6.21 Å². The summed E-state index contributed by atoms with van der Waals surface area (Å²) in [5.41, 5.74) is 2.90. The minimum atomic E-state index is -0.479. The Morgan fingerprint density at radius 3 is 2.76 bits per heavy atom. The van der Waals surface area contributed by atoms with E-state index in [0.717, 1.165) is 4.47 Å². The molecule has 9 heteroatoms. The van der Waals surface area contributed by atoms with Gasteiger partial charge in [-0.25, -0.2) is 5.43 Å². The van der Waals surface area contributed by atoms with Crippen LogP contribution < -0.4 is 5.43 Å². The second kappa shape index (κ2) is 7.86. The number of halogens is 3. The predicted octanol–water partition coefficient (Wildman–Crippen LogP) is 4.36. The lowest BCUT2D eigenvalue weighted by Gasteiger charge is -2.01. The average Bonchev–Trinajstić information content (AvgIpc) is 3.20. The summed E-state index contributed by atoms with van der Waals surface area (Å²) in [4.78, 5) is 12.1. The molecule has 0 aliphatic heterocycles. The first-order valence-electron chi connectivity index (χ1n) is 7.07. The molecule has 0 aliphatic carbocycles. The molecule has 1 aromatic carbocycles. The summed E-state index contributed by atoms with van der Waals surface area (Å²) in [6.07, 6.45) is 4.86. The van der Waals surface area contributed by atoms with Gasteiger partial charge in [0, 0.05) is 11.8 Å². The fraction of sp³-hybridized carbons (Fsp3) is 0.0625. The van der Waals surface area contributed by atoms with Crippen molar-refractivity contribution in [2.45, 2.75) is 6.54 Å². The first-order chi connectivity index (χ1) is 12.0. The van der Waals surface area contributed by atoms with Gasteiger partial charge in [0.15, 0.2) is 5.76 Å². The van der Waals surface area contributed by atoms with Gasteiger partial charge in [0.2, 0.25) is 0 Å². The van der Waals surface area contributed by atoms with Crippen molar-refractivity contribution in [3.05, 3.63) is 74.3 Å². The van der Waals surface area contributed by atoms with Gasteiger partial charge in [-0.1, -0.05) is 29.3 Å². The van der Waals surface area contributed by atoms with Crippen molar-refractivity contribution in [2.75, 3.05) is 0 Å². The first-order valence-corrected chi connectivity index (χ1v) is 8.62. The molecular weight excluding hydrogens is 431 g/mol. The van der Waals surface area contributed by atoms with Crippen LogP contribution in [-0.2, 0) is 6.54 Å². The number of rotatable bonds is 5. The van der Waals surface area contributed by atoms with Gasteiger partial charge in [-0.15, -0.1) is 0 Å². The molecular formula is C16H11BrCl2N4O2. The lowest BCUT2D eigenvalue weighted by Crippen LogP contribution is -2.16. The van der Waals surface area contributed by atoms with Crippen molar-refractivity contribution < 1.29 is 9.21 Å². The lowest BCUT2D eigenvalue weighted by atomic mass is 10.2. The van der Waals surface area contributed by atoms with Crippen LogP contribution >= 0.6 is 39.1 Å². The van der Waals surface area contributed by atoms with Gasteiger partial charge in [-0.05, 0) is 40.2 Å². The molecule has 0 atom stereocenters. The molecule has 6 nitrogen and oxygen atoms in total. The molecule has 0 bridgehead atoms. The van der Waals surface area contributed by atoms with Crippen LogP contribution in [0.2, 0.25) is 10.0 Å². The highest BCUT2D eigenvalue weighted by molar-refractivity contribution is 9.10. The fourth-order valence-electron chi connectivity index (χ4n) is 2.01. The van der Waals surface area contributed by atoms with E-state index >= 15 is 0 Å². The van der Waals surface area contributed by atoms with Crippen LogP contribution in [0.25, 0.3) is 0 Å². The highest BCUT2D eigenvalue weighted by Gasteiger charge is 2.11. The highest BCUT2D eigenvalue weighted by Crippen LogP contribution is 2.22. The van der Waals surface area contributed by atoms with E-state index in [1.807, 2.05) is 0 Å². The zero-order valence-corrected chi connectivity index (χ0v) is 15.7. The third-order valence-corrected chi connectivity index (χ3v) is 4.23. The van der Waals surface area contributed by atoms with Crippen molar-refractivity contribution >= 4 is 51.3 Å². The zero-order chi connectivity index (χ0) is 17.8. The van der Waals surface area contributed by atoms with Gasteiger partial charge < -0.3 is 4.42 Å². The molecule has 128 valence electrons. The summed E-state index contributed by atoms with van der Waals surface area (Å²) in [7, 11) is 0. The summed E-state index contributed by atoms with van der Waals surface area (Å²) in [5, 5.41) is 8.87. The molecule has 1 N–H and O–H groups in total. The number of carbonyl (C=O) groups excluding carboxylic acids is 1. The molecule has 0 aliphatic rings. The van der Waals surface area contributed by atoms with Crippen molar-refractivity contribution in [3.63, 3.8) is 0 Å². The Balaban J connectivity index is 1.63. The summed E-state index contributed by atoms with van der Waals surface area (Å²) >= 11 is 15.4. The third kappa shape index (κ3) is 4.50. The number of hydrogen-bond donors (Lipinski definition) is 1. The first kappa shape index (κ1) is 17.7. The van der Waals surface area contributed by atoms with Crippen LogP contribution in [0.5, 0.6) is 0 Å². The van der Waals surface area contributed by atoms with Crippen LogP contribution in [0, 0.1) is 0 Å². The van der Waals surface area contributed by atoms with Gasteiger partial charge in [0.1, 0.15) is 5.76 Å². The monoisotopic (exact) mass is 440 g/mol. The minimum Gasteiger partial charge on any atom is -0.454 e. The van der Waals surface area contributed by atoms with Gasteiger partial charge >= 0.3 is 5.91 Å². The topological polar surface area (TPSA) is 72.4 Å². The van der Waals surface area contributed by atoms with E-state index in [9.17, 15) is 4.79 Å². The summed E-state index contributed by atoms with van der Waals surface area (Å²) < 4.78 is 8.04. The Kier molecular flexibility index (Phi) is 5.57. The summed E-state index contributed by atoms with van der Waals surface area (Å²) in [5.74, 6) is 0.259. The Morgan fingerprint density at radius 2 is 2.08 bits per heavy atom. The second-order valence-electron chi connectivity index (χ2n) is 4.96. The van der Waals surface area contributed by atoms with Crippen molar-refractivity contribution in [2.24, 2.45) is 5.10 Å². The number of hydrazone groups is 1. The molecule has 0 unspecified atom stereocenters. The number of nitrogens with zero attached hydrogens (tertiary/aromatic N) is 3. The summed E-state index contributed by atoms with van der Waals surface area (Å²) in [6, 6.07) is 8.37. The Hall–Kier alpha value is -2.09. The van der Waals surface area contributed by atoms with Gasteiger partial charge in [0.05, 0.1) is 33.5 Å². The third-order valence-electron chi connectivity index (χ3n) is 3.16. The van der Waals surface area contributed by atoms with Crippen LogP contribution in [0.15, 0.2) is 56.7 Å². The molecule has 3 rings (SSSR count). The smallest absolute Gasteiger partial charge is 0.307 e. The van der Waals surface area contributed by atoms with E-state index in [4.69, 9.17) is 27.6 Å². The van der Waals surface area contributed by atoms with Crippen LogP contribution in [-0.4, -0.2) is 21.9 Å². The van der Waals surface area contributed by atoms with Gasteiger partial charge in [0.25, 0.3) is 0 Å². The Bertz CT molecular complexity index is 916. The van der Waals surface area contributed by atoms with Crippen LogP contribution in [0.3, 0.4) is 0 Å². The molecule has 2 heterocycles. The average molecular weight is 442 g/mol. The van der Waals surface area contributed by atoms with E-state index < -0.39 is 5.91 Å². The van der Waals surface area contributed by atoms with E-state index in [-0.39, 0.29) is 5.76 Å². The van der Waals surface area contributed by atoms with Crippen molar-refractivity contribution in [1.29, 1.82) is 0 Å². The molecule has 2 aromatic heterocycles. The minimum absolute atomic E-state index is 0.142. The molecule has 0 radical (unpaired) electrons. The highest BCUT2D eigenvalue weighted by atomic mass is 79.9. The van der Waals surface area contributed by atoms with Crippen LogP contribution in [0.4, 0.5) is 0 Å². The van der Waals surface area contributed by atoms with Crippen LogP contribution in [0.1, 0.15) is 21.9 Å². The van der Waals surface area contributed by atoms with E-state index in [0.29, 0.717) is 27.9 Å². The number of furan rings is 1. The molecule has 1 amide bonds. The molecule has 25 heavy (non-hydrogen) atoms. The second-order valence-corrected chi connectivity index (χ2v) is 6.69. The number of benzene rings is 1. The number of amides is 1. The maximum Gasteiger partial charge on any atom is 0.307 e. The standard InChI is InChI=1S/C16H11BrCl2N4O2/c17-10-6-21-23(8-10)9-11-4-5-15(25-11)16(24)22-20-7-12-13(18)2-1-3-14(12)19/h1-8H,9H2,(H,22,24)/b20-7+. The number of carbonyl (C=O) groups is 1. The summed E-state index contributed by atoms with van der Waals surface area (Å²) in [6.45, 7) is 0.414. The molecule has 3 aromatic rings. The molecule has 0 spiro atoms. The van der Waals surface area contributed by atoms with E-state index in [2.05, 4.69) is 31.6 Å².